The van der Waals surface area contributed by atoms with Gasteiger partial charge in [-0.2, -0.15) is 0 Å². The summed E-state index contributed by atoms with van der Waals surface area (Å²) in [5, 5.41) is 2.15. The number of carbonyl (C=O) groups excluding carboxylic acids is 3. The van der Waals surface area contributed by atoms with Crippen molar-refractivity contribution in [2.24, 2.45) is 0 Å². The molecule has 0 aromatic heterocycles. The molecule has 1 aromatic carbocycles. The van der Waals surface area contributed by atoms with Crippen LogP contribution >= 0.6 is 0 Å². The van der Waals surface area contributed by atoms with Gasteiger partial charge in [-0.1, -0.05) is 0 Å². The van der Waals surface area contributed by atoms with Crippen molar-refractivity contribution in [2.45, 2.75) is 0 Å². The molecule has 0 radical (unpaired) electrons. The molecule has 1 aliphatic rings. The first-order valence-corrected chi connectivity index (χ1v) is 6.07. The maximum atomic E-state index is 12.2. The Kier molecular flexibility index (Phi) is 3.60. The lowest BCUT2D eigenvalue weighted by Crippen LogP contribution is -2.53. The van der Waals surface area contributed by atoms with E-state index >= 15 is 0 Å². The number of nitrogens with two attached hydrogens (primary N) is 1. The molecule has 0 unspecified atom stereocenters. The maximum Gasteiger partial charge on any atom is 0.254 e. The quantitative estimate of drug-likeness (QED) is 0.557. The molecule has 0 aliphatic carbocycles. The van der Waals surface area contributed by atoms with Crippen LogP contribution in [0, 0.1) is 0 Å². The Hall–Kier alpha value is -2.57. The van der Waals surface area contributed by atoms with Crippen molar-refractivity contribution in [3.63, 3.8) is 0 Å². The number of nitrogen functional groups attached to an aromatic ring is 1. The number of amides is 3. The molecule has 1 heterocycles. The molecule has 3 amide bonds. The van der Waals surface area contributed by atoms with Gasteiger partial charge in [0.05, 0.1) is 11.4 Å². The molecule has 7 heteroatoms. The summed E-state index contributed by atoms with van der Waals surface area (Å²) in [5.41, 5.74) is 7.51. The zero-order chi connectivity index (χ0) is 14.9. The number of anilines is 2. The van der Waals surface area contributed by atoms with Gasteiger partial charge in [0.25, 0.3) is 5.91 Å². The van der Waals surface area contributed by atoms with Crippen LogP contribution in [0.3, 0.4) is 0 Å². The number of benzene rings is 1. The molecule has 1 saturated heterocycles. The van der Waals surface area contributed by atoms with Crippen molar-refractivity contribution >= 4 is 29.1 Å². The van der Waals surface area contributed by atoms with Crippen LogP contribution in [-0.4, -0.2) is 49.8 Å². The molecule has 3 N–H and O–H groups in total. The minimum absolute atomic E-state index is 0.125. The van der Waals surface area contributed by atoms with Gasteiger partial charge in [-0.05, 0) is 18.2 Å². The monoisotopic (exact) mass is 276 g/mol. The number of hydrogen-bond acceptors (Lipinski definition) is 5. The SMILES string of the molecule is CN(C)c1ccc(C(=O)N2CC(=O)NC(=O)C2)cc1N. The van der Waals surface area contributed by atoms with Gasteiger partial charge < -0.3 is 15.5 Å². The molecule has 0 atom stereocenters. The lowest BCUT2D eigenvalue weighted by molar-refractivity contribution is -0.135. The van der Waals surface area contributed by atoms with Gasteiger partial charge in [0, 0.05) is 19.7 Å². The third-order valence-electron chi connectivity index (χ3n) is 2.99. The number of carbonyl (C=O) groups is 3. The fraction of sp³-hybridized carbons (Fsp3) is 0.308. The minimum Gasteiger partial charge on any atom is -0.397 e. The Labute approximate surface area is 116 Å². The van der Waals surface area contributed by atoms with Crippen molar-refractivity contribution in [2.75, 3.05) is 37.8 Å². The van der Waals surface area contributed by atoms with Gasteiger partial charge in [0.2, 0.25) is 11.8 Å². The molecule has 1 fully saturated rings. The summed E-state index contributed by atoms with van der Waals surface area (Å²) in [6.45, 7) is -0.250. The Morgan fingerprint density at radius 3 is 2.35 bits per heavy atom. The zero-order valence-electron chi connectivity index (χ0n) is 11.3. The van der Waals surface area contributed by atoms with Crippen molar-refractivity contribution in [3.8, 4) is 0 Å². The van der Waals surface area contributed by atoms with Crippen LogP contribution in [0.2, 0.25) is 0 Å². The van der Waals surface area contributed by atoms with Crippen LogP contribution in [0.4, 0.5) is 11.4 Å². The molecule has 1 aliphatic heterocycles. The Bertz CT molecular complexity index is 567. The van der Waals surface area contributed by atoms with Crippen LogP contribution in [0.1, 0.15) is 10.4 Å². The average Bonchev–Trinajstić information content (AvgIpc) is 2.36. The minimum atomic E-state index is -0.479. The van der Waals surface area contributed by atoms with E-state index in [0.29, 0.717) is 11.3 Å². The summed E-state index contributed by atoms with van der Waals surface area (Å²) in [7, 11) is 3.70. The third kappa shape index (κ3) is 2.71. The number of nitrogens with zero attached hydrogens (tertiary/aromatic N) is 2. The third-order valence-corrected chi connectivity index (χ3v) is 2.99. The molecule has 20 heavy (non-hydrogen) atoms. The maximum absolute atomic E-state index is 12.2. The van der Waals surface area contributed by atoms with Crippen LogP contribution in [0.5, 0.6) is 0 Å². The predicted molar refractivity (Wildman–Crippen MR) is 74.2 cm³/mol. The van der Waals surface area contributed by atoms with Crippen molar-refractivity contribution in [1.29, 1.82) is 0 Å². The van der Waals surface area contributed by atoms with Gasteiger partial charge in [0.15, 0.2) is 0 Å². The lowest BCUT2D eigenvalue weighted by atomic mass is 10.1. The summed E-state index contributed by atoms with van der Waals surface area (Å²) >= 11 is 0. The van der Waals surface area contributed by atoms with Gasteiger partial charge in [-0.15, -0.1) is 0 Å². The summed E-state index contributed by atoms with van der Waals surface area (Å²) < 4.78 is 0. The molecule has 0 bridgehead atoms. The molecule has 2 rings (SSSR count). The highest BCUT2D eigenvalue weighted by Gasteiger charge is 2.27. The van der Waals surface area contributed by atoms with E-state index in [9.17, 15) is 14.4 Å². The van der Waals surface area contributed by atoms with E-state index in [1.807, 2.05) is 19.0 Å². The highest BCUT2D eigenvalue weighted by Crippen LogP contribution is 2.23. The summed E-state index contributed by atoms with van der Waals surface area (Å²) in [6, 6.07) is 4.91. The van der Waals surface area contributed by atoms with Crippen molar-refractivity contribution < 1.29 is 14.4 Å². The van der Waals surface area contributed by atoms with Gasteiger partial charge in [-0.3, -0.25) is 19.7 Å². The smallest absolute Gasteiger partial charge is 0.254 e. The normalized spacial score (nSPS) is 15.0. The lowest BCUT2D eigenvalue weighted by Gasteiger charge is -2.26. The molecule has 1 aromatic rings. The van der Waals surface area contributed by atoms with Gasteiger partial charge >= 0.3 is 0 Å². The van der Waals surface area contributed by atoms with Crippen LogP contribution in [0.15, 0.2) is 18.2 Å². The number of imide groups is 1. The molecular formula is C13H16N4O3. The van der Waals surface area contributed by atoms with Crippen molar-refractivity contribution in [1.82, 2.24) is 10.2 Å². The van der Waals surface area contributed by atoms with E-state index in [4.69, 9.17) is 5.73 Å². The molecule has 106 valence electrons. The zero-order valence-corrected chi connectivity index (χ0v) is 11.3. The molecular weight excluding hydrogens is 260 g/mol. The van der Waals surface area contributed by atoms with Crippen LogP contribution < -0.4 is 16.0 Å². The molecule has 7 nitrogen and oxygen atoms in total. The first kappa shape index (κ1) is 13.9. The van der Waals surface area contributed by atoms with E-state index in [0.717, 1.165) is 5.69 Å². The number of nitrogens with one attached hydrogen (secondary N) is 1. The molecule has 0 spiro atoms. The number of piperazine rings is 1. The van der Waals surface area contributed by atoms with Crippen LogP contribution in [-0.2, 0) is 9.59 Å². The molecule has 0 saturated carbocycles. The average molecular weight is 276 g/mol. The fourth-order valence-corrected chi connectivity index (χ4v) is 2.06. The predicted octanol–water partition coefficient (Wildman–Crippen LogP) is -0.567. The summed E-state index contributed by atoms with van der Waals surface area (Å²) in [6.07, 6.45) is 0. The standard InChI is InChI=1S/C13H16N4O3/c1-16(2)10-4-3-8(5-9(10)14)13(20)17-6-11(18)15-12(19)7-17/h3-5H,6-7,14H2,1-2H3,(H,15,18,19). The first-order valence-electron chi connectivity index (χ1n) is 6.07. The summed E-state index contributed by atoms with van der Waals surface area (Å²) in [5.74, 6) is -1.34. The van der Waals surface area contributed by atoms with Crippen molar-refractivity contribution in [3.05, 3.63) is 23.8 Å². The summed E-state index contributed by atoms with van der Waals surface area (Å²) in [4.78, 5) is 37.8. The first-order chi connectivity index (χ1) is 9.38. The van der Waals surface area contributed by atoms with E-state index in [1.165, 1.54) is 4.90 Å². The number of rotatable bonds is 2. The topological polar surface area (TPSA) is 95.7 Å². The fourth-order valence-electron chi connectivity index (χ4n) is 2.06. The highest BCUT2D eigenvalue weighted by molar-refractivity contribution is 6.06. The van der Waals surface area contributed by atoms with E-state index in [1.54, 1.807) is 18.2 Å². The highest BCUT2D eigenvalue weighted by atomic mass is 16.2. The van der Waals surface area contributed by atoms with Crippen LogP contribution in [0.25, 0.3) is 0 Å². The Morgan fingerprint density at radius 2 is 1.85 bits per heavy atom. The Morgan fingerprint density at radius 1 is 1.25 bits per heavy atom. The van der Waals surface area contributed by atoms with E-state index in [2.05, 4.69) is 5.32 Å². The Balaban J connectivity index is 2.23. The second kappa shape index (κ2) is 5.20. The van der Waals surface area contributed by atoms with Gasteiger partial charge in [-0.25, -0.2) is 0 Å². The van der Waals surface area contributed by atoms with E-state index in [-0.39, 0.29) is 19.0 Å². The second-order valence-electron chi connectivity index (χ2n) is 4.80. The number of hydrogen-bond donors (Lipinski definition) is 2. The second-order valence-corrected chi connectivity index (χ2v) is 4.80. The van der Waals surface area contributed by atoms with Gasteiger partial charge in [0.1, 0.15) is 13.1 Å². The van der Waals surface area contributed by atoms with E-state index < -0.39 is 11.8 Å². The largest absolute Gasteiger partial charge is 0.397 e.